The van der Waals surface area contributed by atoms with Gasteiger partial charge in [0.2, 0.25) is 0 Å². The third-order valence-corrected chi connectivity index (χ3v) is 13.5. The van der Waals surface area contributed by atoms with Gasteiger partial charge in [0.15, 0.2) is 0 Å². The van der Waals surface area contributed by atoms with Crippen LogP contribution in [0.1, 0.15) is 79.6 Å². The van der Waals surface area contributed by atoms with E-state index in [4.69, 9.17) is 0 Å². The van der Waals surface area contributed by atoms with E-state index in [0.29, 0.717) is 27.8 Å². The molecule has 0 heterocycles. The van der Waals surface area contributed by atoms with Crippen LogP contribution >= 0.6 is 31.9 Å². The largest absolute Gasteiger partial charge is 0.298 e. The molecular formula is C70H58Br2O5. The molecule has 5 nitrogen and oxygen atoms in total. The fraction of sp³-hybridized carbons (Fsp3) is 0.0714. The van der Waals surface area contributed by atoms with Crippen molar-refractivity contribution < 1.29 is 24.0 Å². The van der Waals surface area contributed by atoms with E-state index in [1.807, 2.05) is 133 Å². The lowest BCUT2D eigenvalue weighted by Crippen LogP contribution is -1.83. The summed E-state index contributed by atoms with van der Waals surface area (Å²) in [5, 5.41) is 1.73. The van der Waals surface area contributed by atoms with Crippen LogP contribution in [0, 0.1) is 20.8 Å². The standard InChI is InChI=1S/2C14H11BrO.3C14H12O/c15-9-11-1-5-13(6-2-11)14-7-3-12(10-16)4-8-14;15-9-12-2-1-3-14(8-12)13-6-4-11(10-16)5-7-13;2*1-11-2-6-13(7-3-11)14-8-4-12(10-15)5-9-14;1-11-3-2-4-14(9-11)13-7-5-12(10-15)6-8-13/h2*1-8,10H,9H2;3*2-10H,1H3. The van der Waals surface area contributed by atoms with Gasteiger partial charge >= 0.3 is 0 Å². The number of carbonyl (C=O) groups is 5. The average molecular weight is 1140 g/mol. The molecule has 77 heavy (non-hydrogen) atoms. The summed E-state index contributed by atoms with van der Waals surface area (Å²) in [4.78, 5) is 52.6. The minimum Gasteiger partial charge on any atom is -0.298 e. The number of halogens is 2. The molecule has 0 saturated carbocycles. The summed E-state index contributed by atoms with van der Waals surface area (Å²) in [5.74, 6) is 0. The van der Waals surface area contributed by atoms with Crippen LogP contribution in [0.15, 0.2) is 243 Å². The van der Waals surface area contributed by atoms with Crippen LogP contribution in [0.5, 0.6) is 0 Å². The minimum absolute atomic E-state index is 0.709. The molecular weight excluding hydrogens is 1080 g/mol. The number of alkyl halides is 2. The summed E-state index contributed by atoms with van der Waals surface area (Å²) < 4.78 is 0. The second kappa shape index (κ2) is 30.8. The van der Waals surface area contributed by atoms with Gasteiger partial charge in [-0.2, -0.15) is 0 Å². The van der Waals surface area contributed by atoms with E-state index >= 15 is 0 Å². The maximum atomic E-state index is 10.5. The molecule has 0 N–H and O–H groups in total. The average Bonchev–Trinajstić information content (AvgIpc) is 3.50. The Kier molecular flexibility index (Phi) is 23.1. The first-order valence-electron chi connectivity index (χ1n) is 24.8. The van der Waals surface area contributed by atoms with Crippen molar-refractivity contribution in [2.45, 2.75) is 31.4 Å². The maximum absolute atomic E-state index is 10.5. The molecule has 10 rings (SSSR count). The highest BCUT2D eigenvalue weighted by Gasteiger charge is 2.03. The molecule has 0 radical (unpaired) electrons. The first-order chi connectivity index (χ1) is 37.5. The zero-order valence-corrected chi connectivity index (χ0v) is 46.4. The van der Waals surface area contributed by atoms with Crippen LogP contribution in [0.4, 0.5) is 0 Å². The van der Waals surface area contributed by atoms with Crippen LogP contribution in [0.3, 0.4) is 0 Å². The number of carbonyl (C=O) groups excluding carboxylic acids is 5. The molecule has 10 aromatic rings. The Morgan fingerprint density at radius 3 is 0.766 bits per heavy atom. The summed E-state index contributed by atoms with van der Waals surface area (Å²) in [5.41, 5.74) is 21.4. The molecule has 0 atom stereocenters. The van der Waals surface area contributed by atoms with Crippen LogP contribution in [0.25, 0.3) is 55.6 Å². The number of aryl methyl sites for hydroxylation is 3. The highest BCUT2D eigenvalue weighted by molar-refractivity contribution is 9.08. The number of rotatable bonds is 12. The predicted molar refractivity (Wildman–Crippen MR) is 326 cm³/mol. The SMILES string of the molecule is Cc1ccc(-c2ccc(C=O)cc2)cc1.Cc1ccc(-c2ccc(C=O)cc2)cc1.Cc1cccc(-c2ccc(C=O)cc2)c1.O=Cc1ccc(-c2ccc(CBr)cc2)cc1.O=Cc1ccc(-c2cccc(CBr)c2)cc1. The van der Waals surface area contributed by atoms with Crippen molar-refractivity contribution in [3.63, 3.8) is 0 Å². The van der Waals surface area contributed by atoms with Gasteiger partial charge in [-0.3, -0.25) is 24.0 Å². The first-order valence-corrected chi connectivity index (χ1v) is 27.1. The van der Waals surface area contributed by atoms with Crippen LogP contribution < -0.4 is 0 Å². The molecule has 0 aromatic heterocycles. The quantitative estimate of drug-likeness (QED) is 0.0899. The molecule has 0 saturated heterocycles. The second-order valence-corrected chi connectivity index (χ2v) is 19.1. The van der Waals surface area contributed by atoms with Gasteiger partial charge in [-0.1, -0.05) is 291 Å². The van der Waals surface area contributed by atoms with Crippen LogP contribution in [-0.4, -0.2) is 31.4 Å². The van der Waals surface area contributed by atoms with E-state index in [-0.39, 0.29) is 0 Å². The number of hydrogen-bond acceptors (Lipinski definition) is 5. The van der Waals surface area contributed by atoms with Gasteiger partial charge < -0.3 is 0 Å². The molecule has 7 heteroatoms. The van der Waals surface area contributed by atoms with Gasteiger partial charge in [-0.05, 0) is 87.5 Å². The molecule has 382 valence electrons. The van der Waals surface area contributed by atoms with E-state index in [9.17, 15) is 24.0 Å². The Balaban J connectivity index is 0.000000156. The minimum atomic E-state index is 0.709. The predicted octanol–water partition coefficient (Wildman–Crippen LogP) is 18.5. The van der Waals surface area contributed by atoms with Crippen LogP contribution in [-0.2, 0) is 10.7 Å². The molecule has 0 unspecified atom stereocenters. The van der Waals surface area contributed by atoms with Gasteiger partial charge in [0.05, 0.1) is 0 Å². The third kappa shape index (κ3) is 18.4. The summed E-state index contributed by atoms with van der Waals surface area (Å²) in [7, 11) is 0. The number of aldehydes is 5. The molecule has 0 aliphatic rings. The third-order valence-electron chi connectivity index (χ3n) is 12.2. The lowest BCUT2D eigenvalue weighted by atomic mass is 10.0. The van der Waals surface area contributed by atoms with E-state index in [1.54, 1.807) is 0 Å². The molecule has 0 spiro atoms. The molecule has 0 amide bonds. The van der Waals surface area contributed by atoms with Gasteiger partial charge in [0, 0.05) is 38.5 Å². The van der Waals surface area contributed by atoms with E-state index in [0.717, 1.165) is 69.9 Å². The fourth-order valence-corrected chi connectivity index (χ4v) is 8.43. The van der Waals surface area contributed by atoms with Crippen LogP contribution in [0.2, 0.25) is 0 Å². The zero-order valence-electron chi connectivity index (χ0n) is 43.2. The summed E-state index contributed by atoms with van der Waals surface area (Å²) in [6, 6.07) is 79.8. The Morgan fingerprint density at radius 2 is 0.494 bits per heavy atom. The van der Waals surface area contributed by atoms with Crippen molar-refractivity contribution in [2.75, 3.05) is 0 Å². The highest BCUT2D eigenvalue weighted by Crippen LogP contribution is 2.25. The fourth-order valence-electron chi connectivity index (χ4n) is 7.71. The van der Waals surface area contributed by atoms with Crippen molar-refractivity contribution in [2.24, 2.45) is 0 Å². The maximum Gasteiger partial charge on any atom is 0.150 e. The summed E-state index contributed by atoms with van der Waals surface area (Å²) >= 11 is 6.86. The molecule has 0 fully saturated rings. The van der Waals surface area contributed by atoms with Crippen molar-refractivity contribution in [1.29, 1.82) is 0 Å². The van der Waals surface area contributed by atoms with Gasteiger partial charge in [0.25, 0.3) is 0 Å². The van der Waals surface area contributed by atoms with E-state index in [2.05, 4.69) is 162 Å². The Bertz CT molecular complexity index is 3330. The summed E-state index contributed by atoms with van der Waals surface area (Å²) in [6.45, 7) is 6.21. The normalized spacial score (nSPS) is 9.99. The number of hydrogen-bond donors (Lipinski definition) is 0. The van der Waals surface area contributed by atoms with Gasteiger partial charge in [-0.15, -0.1) is 0 Å². The summed E-state index contributed by atoms with van der Waals surface area (Å²) in [6.07, 6.45) is 4.30. The van der Waals surface area contributed by atoms with Crippen molar-refractivity contribution in [3.8, 4) is 55.6 Å². The van der Waals surface area contributed by atoms with Crippen molar-refractivity contribution in [3.05, 3.63) is 298 Å². The van der Waals surface area contributed by atoms with Gasteiger partial charge in [-0.25, -0.2) is 0 Å². The molecule has 10 aromatic carbocycles. The molecule has 0 aliphatic carbocycles. The Morgan fingerprint density at radius 1 is 0.247 bits per heavy atom. The van der Waals surface area contributed by atoms with E-state index < -0.39 is 0 Å². The molecule has 0 aliphatic heterocycles. The Hall–Kier alpha value is -8.49. The van der Waals surface area contributed by atoms with Crippen molar-refractivity contribution >= 4 is 63.3 Å². The highest BCUT2D eigenvalue weighted by atomic mass is 79.9. The lowest BCUT2D eigenvalue weighted by Gasteiger charge is -2.03. The molecule has 0 bridgehead atoms. The smallest absolute Gasteiger partial charge is 0.150 e. The zero-order chi connectivity index (χ0) is 54.8. The lowest BCUT2D eigenvalue weighted by molar-refractivity contribution is 0.111. The van der Waals surface area contributed by atoms with Gasteiger partial charge in [0.1, 0.15) is 31.4 Å². The monoisotopic (exact) mass is 1140 g/mol. The number of benzene rings is 10. The topological polar surface area (TPSA) is 85.3 Å². The van der Waals surface area contributed by atoms with Crippen molar-refractivity contribution in [1.82, 2.24) is 0 Å². The Labute approximate surface area is 469 Å². The first kappa shape index (κ1) is 57.8. The van der Waals surface area contributed by atoms with E-state index in [1.165, 1.54) is 55.6 Å². The second-order valence-electron chi connectivity index (χ2n) is 18.0.